The van der Waals surface area contributed by atoms with Gasteiger partial charge in [0.1, 0.15) is 24.2 Å². The molecule has 8 amide bonds. The Morgan fingerprint density at radius 2 is 0.949 bits per heavy atom. The molecule has 1 aliphatic heterocycles. The Hall–Kier alpha value is -9.33. The number of hydrogen-bond donors (Lipinski definition) is 14. The topological polar surface area (TPSA) is 452 Å². The average Bonchev–Trinajstić information content (AvgIpc) is 0.841. The largest absolute Gasteiger partial charge is 0.481 e. The first-order valence-corrected chi connectivity index (χ1v) is 33.8. The van der Waals surface area contributed by atoms with Gasteiger partial charge < -0.3 is 73.2 Å². The second kappa shape index (κ2) is 43.2. The molecule has 0 unspecified atom stereocenters. The second-order valence-electron chi connectivity index (χ2n) is 25.4. The number of urea groups is 1. The van der Waals surface area contributed by atoms with E-state index >= 15 is 0 Å². The van der Waals surface area contributed by atoms with Crippen LogP contribution in [0.1, 0.15) is 107 Å². The van der Waals surface area contributed by atoms with E-state index in [2.05, 4.69) is 42.5 Å². The number of fused-ring (bicyclic) bond motifs is 1. The van der Waals surface area contributed by atoms with E-state index in [1.807, 2.05) is 73.7 Å². The van der Waals surface area contributed by atoms with E-state index < -0.39 is 102 Å². The lowest BCUT2D eigenvalue weighted by molar-refractivity contribution is -0.141. The lowest BCUT2D eigenvalue weighted by Crippen LogP contribution is -2.51. The van der Waals surface area contributed by atoms with E-state index in [1.54, 1.807) is 19.6 Å². The van der Waals surface area contributed by atoms with Crippen molar-refractivity contribution in [3.05, 3.63) is 83.4 Å². The van der Waals surface area contributed by atoms with Crippen LogP contribution >= 0.6 is 0 Å². The quantitative estimate of drug-likeness (QED) is 0.0351. The number of carboxylic acid groups (broad SMARTS) is 6. The highest BCUT2D eigenvalue weighted by molar-refractivity contribution is 5.91. The minimum absolute atomic E-state index is 0.0535. The van der Waals surface area contributed by atoms with E-state index in [9.17, 15) is 87.9 Å². The molecule has 1 saturated carbocycles. The third-order valence-corrected chi connectivity index (χ3v) is 17.4. The summed E-state index contributed by atoms with van der Waals surface area (Å²) in [6.45, 7) is 2.90. The average molecular weight is 1390 g/mol. The van der Waals surface area contributed by atoms with E-state index in [1.165, 1.54) is 0 Å². The molecule has 4 atom stereocenters. The zero-order chi connectivity index (χ0) is 72.2. The Bertz CT molecular complexity index is 3170. The molecule has 0 aromatic heterocycles. The summed E-state index contributed by atoms with van der Waals surface area (Å²) >= 11 is 0. The first-order chi connectivity index (χ1) is 47.3. The molecule has 99 heavy (non-hydrogen) atoms. The molecule has 2 aliphatic rings. The maximum Gasteiger partial charge on any atom is 0.326 e. The summed E-state index contributed by atoms with van der Waals surface area (Å²) in [5, 5.41) is 80.1. The highest BCUT2D eigenvalue weighted by Gasteiger charge is 2.32. The van der Waals surface area contributed by atoms with E-state index in [-0.39, 0.29) is 167 Å². The summed E-state index contributed by atoms with van der Waals surface area (Å²) in [5.41, 5.74) is 2.97. The van der Waals surface area contributed by atoms with Crippen LogP contribution in [0.2, 0.25) is 0 Å². The third-order valence-electron chi connectivity index (χ3n) is 17.4. The Balaban J connectivity index is 1.15. The number of hydrogen-bond acceptors (Lipinski definition) is 17. The lowest BCUT2D eigenvalue weighted by atomic mass is 9.81. The summed E-state index contributed by atoms with van der Waals surface area (Å²) in [5.74, 6) is -10.5. The SMILES string of the molecule is Cc1ccc(CCCC(=O)NCC(=O)N[C@@H](CCCCNC(=O)CN2CCN(CC(=O)O)CCN(CC(=O)O)CCN(CC(=O)O)CC2)C(=O)NCC2CCC(C(=O)N[C@H](Cc3ccc4ccccc4c3)C(=O)NCCCC[C@H](NC(=O)N[C@@H](CCC(=O)O)C(=O)O)C(=O)O)CC2)cc1. The highest BCUT2D eigenvalue weighted by atomic mass is 16.4. The van der Waals surface area contributed by atoms with Crippen LogP contribution in [0.25, 0.3) is 10.8 Å². The molecule has 0 radical (unpaired) electrons. The Kier molecular flexibility index (Phi) is 35.0. The van der Waals surface area contributed by atoms with Crippen molar-refractivity contribution in [1.82, 2.24) is 62.1 Å². The number of nitrogens with one attached hydrogen (secondary N) is 8. The molecule has 544 valence electrons. The van der Waals surface area contributed by atoms with Crippen LogP contribution in [0.3, 0.4) is 0 Å². The molecule has 3 aromatic carbocycles. The molecule has 14 N–H and O–H groups in total. The number of aliphatic carboxylic acids is 6. The molecule has 5 rings (SSSR count). The van der Waals surface area contributed by atoms with Crippen LogP contribution < -0.4 is 42.5 Å². The van der Waals surface area contributed by atoms with Gasteiger partial charge >= 0.3 is 41.8 Å². The molecule has 31 nitrogen and oxygen atoms in total. The van der Waals surface area contributed by atoms with Crippen molar-refractivity contribution in [2.45, 2.75) is 134 Å². The van der Waals surface area contributed by atoms with Crippen molar-refractivity contribution >= 4 is 88.1 Å². The zero-order valence-electron chi connectivity index (χ0n) is 56.2. The van der Waals surface area contributed by atoms with Gasteiger partial charge in [0.2, 0.25) is 35.4 Å². The van der Waals surface area contributed by atoms with Crippen molar-refractivity contribution in [3.63, 3.8) is 0 Å². The fourth-order valence-corrected chi connectivity index (χ4v) is 11.8. The van der Waals surface area contributed by atoms with Crippen molar-refractivity contribution in [1.29, 1.82) is 0 Å². The molecule has 2 fully saturated rings. The predicted octanol–water partition coefficient (Wildman–Crippen LogP) is 0.841. The number of unbranched alkanes of at least 4 members (excludes halogenated alkanes) is 2. The van der Waals surface area contributed by atoms with Crippen molar-refractivity contribution in [2.75, 3.05) is 105 Å². The number of amides is 8. The molecule has 1 aliphatic carbocycles. The molecule has 0 spiro atoms. The first-order valence-electron chi connectivity index (χ1n) is 33.8. The van der Waals surface area contributed by atoms with Gasteiger partial charge in [-0.05, 0) is 118 Å². The van der Waals surface area contributed by atoms with Gasteiger partial charge in [0.05, 0.1) is 32.7 Å². The van der Waals surface area contributed by atoms with Gasteiger partial charge in [0, 0.05) is 97.2 Å². The van der Waals surface area contributed by atoms with E-state index in [4.69, 9.17) is 5.11 Å². The zero-order valence-corrected chi connectivity index (χ0v) is 56.2. The summed E-state index contributed by atoms with van der Waals surface area (Å²) in [4.78, 5) is 171. The number of aryl methyl sites for hydroxylation is 2. The number of benzene rings is 3. The summed E-state index contributed by atoms with van der Waals surface area (Å²) in [6.07, 6.45) is 3.79. The molecule has 1 saturated heterocycles. The molecule has 0 bridgehead atoms. The standard InChI is InChI=1S/C68H98N12O19/c1-45-15-17-46(18-16-45)9-8-14-56(81)71-40-57(82)73-52(12-4-6-27-69-58(83)41-77-29-31-78(42-60(86)87)33-35-80(44-62(90)91)36-34-79(32-30-77)43-61(88)89)64(93)72-39-47-19-23-50(24-20-47)63(92)74-55(38-48-21-22-49-10-2-3-11-51(49)37-48)65(94)70-28-7-5-13-53(66(95)96)75-68(99)76-54(67(97)98)25-26-59(84)85/h2-3,10-11,15-18,21-22,37,47,50,52-55H,4-9,12-14,19-20,23-36,38-44H2,1H3,(H,69,83)(H,70,94)(H,71,81)(H,72,93)(H,73,82)(H,74,92)(H,84,85)(H,86,87)(H,88,89)(H,90,91)(H,95,96)(H,97,98)(H2,75,76,99)/t47?,50?,52-,53-,54-,55+/m0/s1. The number of carbonyl (C=O) groups is 13. The maximum atomic E-state index is 14.1. The lowest BCUT2D eigenvalue weighted by Gasteiger charge is -2.32. The van der Waals surface area contributed by atoms with Crippen molar-refractivity contribution in [3.8, 4) is 0 Å². The van der Waals surface area contributed by atoms with Crippen LogP contribution in [0.5, 0.6) is 0 Å². The molecular weight excluding hydrogens is 1290 g/mol. The molecular formula is C68H98N12O19. The Morgan fingerprint density at radius 3 is 1.49 bits per heavy atom. The van der Waals surface area contributed by atoms with Gasteiger partial charge in [0.25, 0.3) is 0 Å². The van der Waals surface area contributed by atoms with Crippen molar-refractivity contribution in [2.24, 2.45) is 11.8 Å². The smallest absolute Gasteiger partial charge is 0.326 e. The molecule has 31 heteroatoms. The van der Waals surface area contributed by atoms with Crippen LogP contribution in [-0.2, 0) is 70.4 Å². The molecule has 1 heterocycles. The van der Waals surface area contributed by atoms with Crippen LogP contribution in [0, 0.1) is 18.8 Å². The Labute approximate surface area is 574 Å². The number of nitrogens with zero attached hydrogens (tertiary/aromatic N) is 4. The van der Waals surface area contributed by atoms with Gasteiger partial charge in [0.15, 0.2) is 0 Å². The van der Waals surface area contributed by atoms with Gasteiger partial charge in [-0.3, -0.25) is 67.5 Å². The van der Waals surface area contributed by atoms with Crippen LogP contribution in [0.4, 0.5) is 4.79 Å². The monoisotopic (exact) mass is 1390 g/mol. The maximum absolute atomic E-state index is 14.1. The van der Waals surface area contributed by atoms with Gasteiger partial charge in [-0.2, -0.15) is 0 Å². The van der Waals surface area contributed by atoms with Crippen LogP contribution in [0.15, 0.2) is 66.7 Å². The van der Waals surface area contributed by atoms with Gasteiger partial charge in [-0.25, -0.2) is 14.4 Å². The predicted molar refractivity (Wildman–Crippen MR) is 361 cm³/mol. The summed E-state index contributed by atoms with van der Waals surface area (Å²) < 4.78 is 0. The van der Waals surface area contributed by atoms with Crippen LogP contribution in [-0.4, -0.2) is 256 Å². The fraction of sp³-hybridized carbons (Fsp3) is 0.574. The summed E-state index contributed by atoms with van der Waals surface area (Å²) in [6, 6.07) is 15.2. The number of carbonyl (C=O) groups excluding carboxylic acids is 7. The normalized spacial score (nSPS) is 17.1. The number of rotatable bonds is 40. The third kappa shape index (κ3) is 32.3. The first kappa shape index (κ1) is 80.4. The highest BCUT2D eigenvalue weighted by Crippen LogP contribution is 2.29. The second-order valence-corrected chi connectivity index (χ2v) is 25.4. The van der Waals surface area contributed by atoms with Gasteiger partial charge in [-0.15, -0.1) is 0 Å². The van der Waals surface area contributed by atoms with Crippen molar-refractivity contribution < 1.29 is 93.0 Å². The van der Waals surface area contributed by atoms with E-state index in [0.717, 1.165) is 27.5 Å². The molecule has 3 aromatic rings. The fourth-order valence-electron chi connectivity index (χ4n) is 11.8. The minimum atomic E-state index is -1.57. The Morgan fingerprint density at radius 1 is 0.444 bits per heavy atom. The minimum Gasteiger partial charge on any atom is -0.481 e. The van der Waals surface area contributed by atoms with E-state index in [0.29, 0.717) is 51.4 Å². The summed E-state index contributed by atoms with van der Waals surface area (Å²) in [7, 11) is 0. The number of carboxylic acids is 6. The van der Waals surface area contributed by atoms with Gasteiger partial charge in [-0.1, -0.05) is 72.3 Å².